The summed E-state index contributed by atoms with van der Waals surface area (Å²) in [5.41, 5.74) is 1.59. The maximum absolute atomic E-state index is 10.7. The number of benzene rings is 1. The first-order valence-corrected chi connectivity index (χ1v) is 11.1. The molecular formula is C24H34N8O2. The van der Waals surface area contributed by atoms with Crippen molar-refractivity contribution < 1.29 is 9.84 Å². The molecular weight excluding hydrogens is 432 g/mol. The molecule has 1 aromatic heterocycles. The number of aromatic nitrogens is 3. The zero-order chi connectivity index (χ0) is 25.1. The van der Waals surface area contributed by atoms with E-state index in [0.717, 1.165) is 12.8 Å². The van der Waals surface area contributed by atoms with E-state index in [1.54, 1.807) is 31.4 Å². The Bertz CT molecular complexity index is 1080. The summed E-state index contributed by atoms with van der Waals surface area (Å²) in [5, 5.41) is 23.0. The molecule has 0 bridgehead atoms. The first kappa shape index (κ1) is 25.2. The van der Waals surface area contributed by atoms with E-state index in [1.807, 2.05) is 7.05 Å². The van der Waals surface area contributed by atoms with Crippen molar-refractivity contribution in [2.75, 3.05) is 26.1 Å². The number of methoxy groups -OCH3 is 1. The fourth-order valence-corrected chi connectivity index (χ4v) is 4.63. The van der Waals surface area contributed by atoms with Crippen molar-refractivity contribution in [2.24, 2.45) is 15.0 Å². The summed E-state index contributed by atoms with van der Waals surface area (Å²) in [6.07, 6.45) is 3.56. The monoisotopic (exact) mass is 466 g/mol. The quantitative estimate of drug-likeness (QED) is 0.525. The summed E-state index contributed by atoms with van der Waals surface area (Å²) in [7, 11) is 5.04. The van der Waals surface area contributed by atoms with E-state index in [1.165, 1.54) is 7.11 Å². The molecule has 0 atom stereocenters. The number of phenols is 1. The second-order valence-corrected chi connectivity index (χ2v) is 9.74. The van der Waals surface area contributed by atoms with Crippen LogP contribution in [0.4, 0.5) is 5.95 Å². The van der Waals surface area contributed by atoms with Crippen LogP contribution >= 0.6 is 0 Å². The Morgan fingerprint density at radius 3 is 2.38 bits per heavy atom. The number of hydrogen-bond acceptors (Lipinski definition) is 8. The third-order valence-electron chi connectivity index (χ3n) is 5.84. The highest BCUT2D eigenvalue weighted by Crippen LogP contribution is 2.33. The van der Waals surface area contributed by atoms with Gasteiger partial charge in [-0.05, 0) is 59.4 Å². The van der Waals surface area contributed by atoms with Crippen LogP contribution in [-0.4, -0.2) is 77.2 Å². The van der Waals surface area contributed by atoms with E-state index in [0.29, 0.717) is 28.6 Å². The van der Waals surface area contributed by atoms with Crippen LogP contribution in [0.15, 0.2) is 39.4 Å². The van der Waals surface area contributed by atoms with Crippen molar-refractivity contribution in [3.63, 3.8) is 0 Å². The summed E-state index contributed by atoms with van der Waals surface area (Å²) in [5.74, 6) is 0.913. The first-order valence-electron chi connectivity index (χ1n) is 11.1. The third kappa shape index (κ3) is 5.74. The summed E-state index contributed by atoms with van der Waals surface area (Å²) in [6, 6.07) is 5.42. The van der Waals surface area contributed by atoms with Crippen molar-refractivity contribution in [1.82, 2.24) is 20.5 Å². The largest absolute Gasteiger partial charge is 0.507 e. The SMILES string of the molecule is C=NC(=NC(=NC)c1ccc(-c2cnc(N(C)C3CC(C)(C)NC(C)(C)C3)nn2)c(O)c1)OC. The Kier molecular flexibility index (Phi) is 7.30. The van der Waals surface area contributed by atoms with Crippen LogP contribution in [-0.2, 0) is 4.74 Å². The fourth-order valence-electron chi connectivity index (χ4n) is 4.63. The highest BCUT2D eigenvalue weighted by Gasteiger charge is 2.39. The number of phenolic OH excluding ortho intramolecular Hbond substituents is 1. The van der Waals surface area contributed by atoms with E-state index in [9.17, 15) is 5.11 Å². The predicted octanol–water partition coefficient (Wildman–Crippen LogP) is 3.07. The van der Waals surface area contributed by atoms with Gasteiger partial charge in [-0.3, -0.25) is 4.99 Å². The van der Waals surface area contributed by atoms with E-state index in [2.05, 4.69) is 74.8 Å². The number of anilines is 1. The van der Waals surface area contributed by atoms with Crippen molar-refractivity contribution in [2.45, 2.75) is 57.7 Å². The zero-order valence-electron chi connectivity index (χ0n) is 21.0. The molecule has 1 aromatic carbocycles. The molecule has 34 heavy (non-hydrogen) atoms. The normalized spacial score (nSPS) is 18.4. The lowest BCUT2D eigenvalue weighted by Crippen LogP contribution is -2.62. The maximum Gasteiger partial charge on any atom is 0.317 e. The van der Waals surface area contributed by atoms with Gasteiger partial charge in [0.25, 0.3) is 0 Å². The number of rotatable bonds is 4. The van der Waals surface area contributed by atoms with Crippen LogP contribution in [0.2, 0.25) is 0 Å². The second-order valence-electron chi connectivity index (χ2n) is 9.74. The summed E-state index contributed by atoms with van der Waals surface area (Å²) in [4.78, 5) is 18.6. The van der Waals surface area contributed by atoms with Crippen molar-refractivity contribution >= 4 is 24.5 Å². The van der Waals surface area contributed by atoms with Gasteiger partial charge in [0.15, 0.2) is 5.84 Å². The van der Waals surface area contributed by atoms with Crippen molar-refractivity contribution in [3.8, 4) is 17.0 Å². The van der Waals surface area contributed by atoms with Gasteiger partial charge in [-0.15, -0.1) is 10.2 Å². The number of nitrogens with zero attached hydrogens (tertiary/aromatic N) is 7. The molecule has 1 saturated heterocycles. The molecule has 0 saturated carbocycles. The lowest BCUT2D eigenvalue weighted by molar-refractivity contribution is 0.160. The standard InChI is InChI=1S/C24H34N8O2/c1-23(2)12-16(13-24(3,4)31-23)32(7)21-27-14-18(29-30-21)17-10-9-15(11-19(17)33)20(25-5)28-22(26-6)34-8/h9-11,14,16,31,33H,6,12-13H2,1-5,7-8H3. The Morgan fingerprint density at radius 2 is 1.88 bits per heavy atom. The van der Waals surface area contributed by atoms with Gasteiger partial charge in [-0.25, -0.2) is 9.98 Å². The van der Waals surface area contributed by atoms with Gasteiger partial charge in [0.05, 0.1) is 13.3 Å². The summed E-state index contributed by atoms with van der Waals surface area (Å²) < 4.78 is 5.02. The molecule has 10 nitrogen and oxygen atoms in total. The van der Waals surface area contributed by atoms with Gasteiger partial charge in [0.1, 0.15) is 11.4 Å². The van der Waals surface area contributed by atoms with Gasteiger partial charge >= 0.3 is 6.02 Å². The molecule has 1 fully saturated rings. The molecule has 182 valence electrons. The highest BCUT2D eigenvalue weighted by molar-refractivity contribution is 6.06. The van der Waals surface area contributed by atoms with Gasteiger partial charge < -0.3 is 20.1 Å². The Morgan fingerprint density at radius 1 is 1.21 bits per heavy atom. The number of piperidine rings is 1. The number of ether oxygens (including phenoxy) is 1. The Labute approximate surface area is 200 Å². The van der Waals surface area contributed by atoms with E-state index in [-0.39, 0.29) is 28.9 Å². The number of amidine groups is 2. The zero-order valence-corrected chi connectivity index (χ0v) is 21.0. The fraction of sp³-hybridized carbons (Fsp3) is 0.500. The van der Waals surface area contributed by atoms with Gasteiger partial charge in [-0.2, -0.15) is 4.99 Å². The molecule has 0 amide bonds. The number of aromatic hydroxyl groups is 1. The molecule has 2 N–H and O–H groups in total. The second kappa shape index (κ2) is 9.84. The van der Waals surface area contributed by atoms with Gasteiger partial charge in [-0.1, -0.05) is 6.07 Å². The molecule has 10 heteroatoms. The van der Waals surface area contributed by atoms with E-state index < -0.39 is 0 Å². The number of aliphatic imine (C=N–C) groups is 3. The number of nitrogens with one attached hydrogen (secondary N) is 1. The van der Waals surface area contributed by atoms with Gasteiger partial charge in [0, 0.05) is 42.3 Å². The van der Waals surface area contributed by atoms with Crippen molar-refractivity contribution in [1.29, 1.82) is 0 Å². The van der Waals surface area contributed by atoms with Crippen LogP contribution < -0.4 is 10.2 Å². The maximum atomic E-state index is 10.7. The van der Waals surface area contributed by atoms with Gasteiger partial charge in [0.2, 0.25) is 5.95 Å². The molecule has 2 aromatic rings. The first-order chi connectivity index (χ1) is 16.0. The smallest absolute Gasteiger partial charge is 0.317 e. The van der Waals surface area contributed by atoms with Crippen LogP contribution in [0.25, 0.3) is 11.3 Å². The summed E-state index contributed by atoms with van der Waals surface area (Å²) in [6.45, 7) is 12.3. The predicted molar refractivity (Wildman–Crippen MR) is 136 cm³/mol. The van der Waals surface area contributed by atoms with E-state index in [4.69, 9.17) is 4.74 Å². The molecule has 0 aliphatic carbocycles. The molecule has 0 spiro atoms. The average molecular weight is 467 g/mol. The third-order valence-corrected chi connectivity index (χ3v) is 5.84. The molecule has 0 radical (unpaired) electrons. The molecule has 3 rings (SSSR count). The molecule has 0 unspecified atom stereocenters. The minimum atomic E-state index is 0.0119. The van der Waals surface area contributed by atoms with Crippen LogP contribution in [0, 0.1) is 0 Å². The molecule has 2 heterocycles. The lowest BCUT2D eigenvalue weighted by Gasteiger charge is -2.48. The topological polar surface area (TPSA) is 120 Å². The van der Waals surface area contributed by atoms with Crippen LogP contribution in [0.3, 0.4) is 0 Å². The average Bonchev–Trinajstić information content (AvgIpc) is 2.77. The Balaban J connectivity index is 1.82. The molecule has 1 aliphatic heterocycles. The highest BCUT2D eigenvalue weighted by atomic mass is 16.5. The summed E-state index contributed by atoms with van der Waals surface area (Å²) >= 11 is 0. The Hall–Kier alpha value is -3.40. The molecule has 1 aliphatic rings. The van der Waals surface area contributed by atoms with Crippen molar-refractivity contribution in [3.05, 3.63) is 30.0 Å². The lowest BCUT2D eigenvalue weighted by atomic mass is 9.79. The minimum Gasteiger partial charge on any atom is -0.507 e. The minimum absolute atomic E-state index is 0.0119. The van der Waals surface area contributed by atoms with Crippen LogP contribution in [0.5, 0.6) is 5.75 Å². The van der Waals surface area contributed by atoms with Crippen LogP contribution in [0.1, 0.15) is 46.1 Å². The number of hydrogen-bond donors (Lipinski definition) is 2. The van der Waals surface area contributed by atoms with E-state index >= 15 is 0 Å².